The minimum atomic E-state index is -1.01. The molecule has 1 aromatic heterocycles. The molecule has 0 aliphatic heterocycles. The number of hydrogen-bond donors (Lipinski definition) is 2. The van der Waals surface area contributed by atoms with Gasteiger partial charge in [0.1, 0.15) is 11.8 Å². The quantitative estimate of drug-likeness (QED) is 0.850. The van der Waals surface area contributed by atoms with Crippen LogP contribution in [-0.4, -0.2) is 33.9 Å². The standard InChI is InChI=1S/C16H19N3O4/c1-10(12-5-4-6-14(7-12)23-3)18-15(20)13-8-17-19(9-13)11(2)16(21)22/h4-11H,1-3H3,(H,18,20)(H,21,22). The van der Waals surface area contributed by atoms with Crippen LogP contribution in [0.15, 0.2) is 36.7 Å². The summed E-state index contributed by atoms with van der Waals surface area (Å²) in [4.78, 5) is 23.2. The van der Waals surface area contributed by atoms with E-state index in [2.05, 4.69) is 10.4 Å². The van der Waals surface area contributed by atoms with Crippen molar-refractivity contribution >= 4 is 11.9 Å². The predicted molar refractivity (Wildman–Crippen MR) is 83.4 cm³/mol. The van der Waals surface area contributed by atoms with E-state index in [0.29, 0.717) is 11.3 Å². The smallest absolute Gasteiger partial charge is 0.328 e. The van der Waals surface area contributed by atoms with Crippen LogP contribution < -0.4 is 10.1 Å². The first-order valence-corrected chi connectivity index (χ1v) is 7.14. The lowest BCUT2D eigenvalue weighted by Crippen LogP contribution is -2.26. The first-order valence-electron chi connectivity index (χ1n) is 7.14. The van der Waals surface area contributed by atoms with Crippen LogP contribution in [0.4, 0.5) is 0 Å². The third kappa shape index (κ3) is 3.88. The number of rotatable bonds is 6. The maximum absolute atomic E-state index is 12.2. The zero-order valence-electron chi connectivity index (χ0n) is 13.2. The van der Waals surface area contributed by atoms with E-state index in [9.17, 15) is 9.59 Å². The Kier molecular flexibility index (Phi) is 5.00. The van der Waals surface area contributed by atoms with Crippen LogP contribution in [0.5, 0.6) is 5.75 Å². The first-order chi connectivity index (χ1) is 10.9. The van der Waals surface area contributed by atoms with Gasteiger partial charge in [0.05, 0.1) is 24.9 Å². The van der Waals surface area contributed by atoms with E-state index in [1.807, 2.05) is 31.2 Å². The number of aliphatic carboxylic acids is 1. The van der Waals surface area contributed by atoms with E-state index >= 15 is 0 Å². The van der Waals surface area contributed by atoms with Crippen molar-refractivity contribution in [2.45, 2.75) is 25.9 Å². The molecule has 23 heavy (non-hydrogen) atoms. The molecular formula is C16H19N3O4. The lowest BCUT2D eigenvalue weighted by molar-refractivity contribution is -0.140. The fraction of sp³-hybridized carbons (Fsp3) is 0.312. The molecule has 2 N–H and O–H groups in total. The molecule has 0 bridgehead atoms. The molecule has 1 amide bonds. The molecule has 2 rings (SSSR count). The van der Waals surface area contributed by atoms with Crippen molar-refractivity contribution < 1.29 is 19.4 Å². The molecule has 0 saturated carbocycles. The van der Waals surface area contributed by atoms with Gasteiger partial charge in [-0.25, -0.2) is 4.79 Å². The number of carbonyl (C=O) groups excluding carboxylic acids is 1. The first kappa shape index (κ1) is 16.5. The Hall–Kier alpha value is -2.83. The highest BCUT2D eigenvalue weighted by atomic mass is 16.5. The number of carboxylic acids is 1. The van der Waals surface area contributed by atoms with E-state index in [0.717, 1.165) is 5.56 Å². The van der Waals surface area contributed by atoms with Gasteiger partial charge in [-0.2, -0.15) is 5.10 Å². The summed E-state index contributed by atoms with van der Waals surface area (Å²) in [5.41, 5.74) is 1.22. The van der Waals surface area contributed by atoms with Crippen molar-refractivity contribution in [3.8, 4) is 5.75 Å². The maximum atomic E-state index is 12.2. The van der Waals surface area contributed by atoms with Gasteiger partial charge in [0.15, 0.2) is 0 Å². The van der Waals surface area contributed by atoms with Crippen molar-refractivity contribution in [3.63, 3.8) is 0 Å². The minimum Gasteiger partial charge on any atom is -0.497 e. The van der Waals surface area contributed by atoms with Crippen molar-refractivity contribution in [3.05, 3.63) is 47.8 Å². The lowest BCUT2D eigenvalue weighted by atomic mass is 10.1. The molecule has 0 aliphatic carbocycles. The molecule has 0 aliphatic rings. The third-order valence-corrected chi connectivity index (χ3v) is 3.56. The average molecular weight is 317 g/mol. The second-order valence-electron chi connectivity index (χ2n) is 5.19. The summed E-state index contributed by atoms with van der Waals surface area (Å²) >= 11 is 0. The Morgan fingerprint density at radius 3 is 2.74 bits per heavy atom. The molecule has 2 unspecified atom stereocenters. The Balaban J connectivity index is 2.08. The number of aromatic nitrogens is 2. The molecule has 7 heteroatoms. The second-order valence-corrected chi connectivity index (χ2v) is 5.19. The monoisotopic (exact) mass is 317 g/mol. The third-order valence-electron chi connectivity index (χ3n) is 3.56. The van der Waals surface area contributed by atoms with Crippen LogP contribution in [0.1, 0.15) is 41.9 Å². The van der Waals surface area contributed by atoms with Crippen LogP contribution in [0.2, 0.25) is 0 Å². The van der Waals surface area contributed by atoms with Crippen LogP contribution >= 0.6 is 0 Å². The Morgan fingerprint density at radius 2 is 2.09 bits per heavy atom. The molecule has 0 spiro atoms. The number of carbonyl (C=O) groups is 2. The molecular weight excluding hydrogens is 298 g/mol. The predicted octanol–water partition coefficient (Wildman–Crippen LogP) is 2.03. The SMILES string of the molecule is COc1cccc(C(C)NC(=O)c2cnn(C(C)C(=O)O)c2)c1. The number of amides is 1. The highest BCUT2D eigenvalue weighted by Crippen LogP contribution is 2.19. The Bertz CT molecular complexity index is 711. The van der Waals surface area contributed by atoms with Crippen LogP contribution in [0, 0.1) is 0 Å². The second kappa shape index (κ2) is 6.95. The Labute approximate surface area is 133 Å². The summed E-state index contributed by atoms with van der Waals surface area (Å²) in [5.74, 6) is -0.610. The highest BCUT2D eigenvalue weighted by Gasteiger charge is 2.18. The number of hydrogen-bond acceptors (Lipinski definition) is 4. The highest BCUT2D eigenvalue weighted by molar-refractivity contribution is 5.94. The molecule has 1 aromatic carbocycles. The van der Waals surface area contributed by atoms with Crippen molar-refractivity contribution in [1.82, 2.24) is 15.1 Å². The summed E-state index contributed by atoms with van der Waals surface area (Å²) in [6.07, 6.45) is 2.78. The van der Waals surface area contributed by atoms with Gasteiger partial charge in [-0.1, -0.05) is 12.1 Å². The fourth-order valence-corrected chi connectivity index (χ4v) is 2.05. The van der Waals surface area contributed by atoms with Crippen LogP contribution in [-0.2, 0) is 4.79 Å². The van der Waals surface area contributed by atoms with Gasteiger partial charge in [0.2, 0.25) is 0 Å². The maximum Gasteiger partial charge on any atom is 0.328 e. The molecule has 0 fully saturated rings. The zero-order chi connectivity index (χ0) is 17.0. The zero-order valence-corrected chi connectivity index (χ0v) is 13.2. The molecule has 7 nitrogen and oxygen atoms in total. The average Bonchev–Trinajstić information content (AvgIpc) is 3.04. The number of nitrogens with zero attached hydrogens (tertiary/aromatic N) is 2. The van der Waals surface area contributed by atoms with Crippen LogP contribution in [0.25, 0.3) is 0 Å². The van der Waals surface area contributed by atoms with Crippen molar-refractivity contribution in [1.29, 1.82) is 0 Å². The number of benzene rings is 1. The van der Waals surface area contributed by atoms with E-state index in [1.165, 1.54) is 24.0 Å². The number of carboxylic acid groups (broad SMARTS) is 1. The summed E-state index contributed by atoms with van der Waals surface area (Å²) in [6.45, 7) is 3.35. The molecule has 0 radical (unpaired) electrons. The molecule has 0 saturated heterocycles. The minimum absolute atomic E-state index is 0.224. The normalized spacial score (nSPS) is 13.2. The van der Waals surface area contributed by atoms with Gasteiger partial charge in [-0.05, 0) is 31.5 Å². The summed E-state index contributed by atoms with van der Waals surface area (Å²) in [7, 11) is 1.58. The summed E-state index contributed by atoms with van der Waals surface area (Å²) in [5, 5.41) is 15.7. The van der Waals surface area contributed by atoms with Gasteiger partial charge >= 0.3 is 5.97 Å². The van der Waals surface area contributed by atoms with Crippen LogP contribution in [0.3, 0.4) is 0 Å². The van der Waals surface area contributed by atoms with Gasteiger partial charge in [0.25, 0.3) is 5.91 Å². The topological polar surface area (TPSA) is 93.5 Å². The lowest BCUT2D eigenvalue weighted by Gasteiger charge is -2.14. The van der Waals surface area contributed by atoms with E-state index in [4.69, 9.17) is 9.84 Å². The van der Waals surface area contributed by atoms with Crippen molar-refractivity contribution in [2.24, 2.45) is 0 Å². The summed E-state index contributed by atoms with van der Waals surface area (Å²) < 4.78 is 6.41. The van der Waals surface area contributed by atoms with E-state index < -0.39 is 12.0 Å². The molecule has 122 valence electrons. The van der Waals surface area contributed by atoms with Gasteiger partial charge < -0.3 is 15.2 Å². The molecule has 2 aromatic rings. The Morgan fingerprint density at radius 1 is 1.35 bits per heavy atom. The molecule has 1 heterocycles. The number of methoxy groups -OCH3 is 1. The van der Waals surface area contributed by atoms with E-state index in [-0.39, 0.29) is 11.9 Å². The number of ether oxygens (including phenoxy) is 1. The largest absolute Gasteiger partial charge is 0.497 e. The fourth-order valence-electron chi connectivity index (χ4n) is 2.05. The van der Waals surface area contributed by atoms with E-state index in [1.54, 1.807) is 7.11 Å². The van der Waals surface area contributed by atoms with Crippen molar-refractivity contribution in [2.75, 3.05) is 7.11 Å². The van der Waals surface area contributed by atoms with Gasteiger partial charge in [-0.15, -0.1) is 0 Å². The molecule has 2 atom stereocenters. The summed E-state index contributed by atoms with van der Waals surface area (Å²) in [6, 6.07) is 6.37. The van der Waals surface area contributed by atoms with Gasteiger partial charge in [-0.3, -0.25) is 9.48 Å². The van der Waals surface area contributed by atoms with Gasteiger partial charge in [0, 0.05) is 6.20 Å². The number of nitrogens with one attached hydrogen (secondary N) is 1.